The third kappa shape index (κ3) is 4.16. The fourth-order valence-corrected chi connectivity index (χ4v) is 5.01. The lowest BCUT2D eigenvalue weighted by molar-refractivity contribution is 0.487. The first-order valence-electron chi connectivity index (χ1n) is 17.5. The van der Waals surface area contributed by atoms with E-state index in [0.29, 0.717) is 17.1 Å². The Morgan fingerprint density at radius 1 is 0.512 bits per heavy atom. The van der Waals surface area contributed by atoms with Gasteiger partial charge in [0.1, 0.15) is 11.5 Å². The van der Waals surface area contributed by atoms with Crippen molar-refractivity contribution in [3.05, 3.63) is 145 Å². The molecule has 0 saturated heterocycles. The molecule has 7 aromatic rings. The first-order valence-corrected chi connectivity index (χ1v) is 13.0. The van der Waals surface area contributed by atoms with Crippen LogP contribution in [-0.2, 0) is 0 Å². The summed E-state index contributed by atoms with van der Waals surface area (Å²) in [6.07, 6.45) is 0. The first kappa shape index (κ1) is 15.9. The summed E-state index contributed by atoms with van der Waals surface area (Å²) in [4.78, 5) is 9.69. The topological polar surface area (TPSA) is 35.0 Å². The smallest absolute Gasteiger partial charge is 0.160 e. The zero-order chi connectivity index (χ0) is 35.0. The molecule has 192 valence electrons. The van der Waals surface area contributed by atoms with Crippen LogP contribution in [0.15, 0.2) is 145 Å². The Morgan fingerprint density at radius 3 is 2.00 bits per heavy atom. The van der Waals surface area contributed by atoms with Crippen molar-refractivity contribution in [2.45, 2.75) is 0 Å². The summed E-state index contributed by atoms with van der Waals surface area (Å²) in [5.41, 5.74) is 3.90. The predicted molar refractivity (Wildman–Crippen MR) is 167 cm³/mol. The fourth-order valence-electron chi connectivity index (χ4n) is 5.01. The Kier molecular flexibility index (Phi) is 3.72. The van der Waals surface area contributed by atoms with Gasteiger partial charge in [0, 0.05) is 27.6 Å². The number of aromatic nitrogens is 2. The van der Waals surface area contributed by atoms with Gasteiger partial charge in [0.15, 0.2) is 5.82 Å². The summed E-state index contributed by atoms with van der Waals surface area (Å²) in [7, 11) is 0. The molecule has 0 bridgehead atoms. The van der Waals surface area contributed by atoms with E-state index in [2.05, 4.69) is 0 Å². The van der Waals surface area contributed by atoms with Crippen LogP contribution in [0.2, 0.25) is 0 Å². The number of hydrogen-bond donors (Lipinski definition) is 0. The summed E-state index contributed by atoms with van der Waals surface area (Å²) in [5.74, 6) is -0.203. The number of ether oxygens (including phenoxy) is 1. The molecule has 0 spiro atoms. The molecule has 0 amide bonds. The standard InChI is InChI=1S/C38H24N2O/c1-3-10-25(11-4-1)28-16-7-17-29(22-28)33-24-34(40-38(39-33)27-12-5-2-6-13-27)30-20-21-35-32(23-30)31-18-8-14-26-15-9-19-36(41-35)37(26)31/h1-24H/i8D,9D,14D,15D,18D,19D,20D,21D,23D. The largest absolute Gasteiger partial charge is 0.456 e. The lowest BCUT2D eigenvalue weighted by atomic mass is 9.93. The normalized spacial score (nSPS) is 14.7. The highest BCUT2D eigenvalue weighted by Gasteiger charge is 2.21. The molecule has 3 heteroatoms. The quantitative estimate of drug-likeness (QED) is 0.226. The number of fused-ring (bicyclic) bond motifs is 2. The first-order chi connectivity index (χ1) is 24.1. The molecule has 0 radical (unpaired) electrons. The fraction of sp³-hybridized carbons (Fsp3) is 0. The lowest BCUT2D eigenvalue weighted by Gasteiger charge is -2.22. The molecular weight excluding hydrogens is 500 g/mol. The van der Waals surface area contributed by atoms with Gasteiger partial charge < -0.3 is 4.74 Å². The average Bonchev–Trinajstić information content (AvgIpc) is 3.15. The van der Waals surface area contributed by atoms with Gasteiger partial charge in [0.2, 0.25) is 0 Å². The highest BCUT2D eigenvalue weighted by atomic mass is 16.5. The minimum atomic E-state index is -0.536. The van der Waals surface area contributed by atoms with Gasteiger partial charge in [-0.05, 0) is 58.4 Å². The van der Waals surface area contributed by atoms with Crippen molar-refractivity contribution in [2.24, 2.45) is 0 Å². The highest BCUT2D eigenvalue weighted by Crippen LogP contribution is 2.47. The van der Waals surface area contributed by atoms with Crippen molar-refractivity contribution >= 4 is 10.8 Å². The van der Waals surface area contributed by atoms with Crippen LogP contribution in [0, 0.1) is 0 Å². The summed E-state index contributed by atoms with van der Waals surface area (Å²) in [5, 5.41) is -0.170. The van der Waals surface area contributed by atoms with E-state index in [1.54, 1.807) is 6.07 Å². The zero-order valence-electron chi connectivity index (χ0n) is 30.5. The second kappa shape index (κ2) is 9.58. The molecule has 1 aromatic heterocycles. The molecule has 0 N–H and O–H groups in total. The van der Waals surface area contributed by atoms with Gasteiger partial charge in [-0.3, -0.25) is 0 Å². The zero-order valence-corrected chi connectivity index (χ0v) is 21.5. The SMILES string of the molecule is [2H]c1c([2H])c(-c2cc(-c3cccc(-c4ccccc4)c3)nc(-c3ccccc3)n2)c([2H])c2c1Oc1c([2H])c([2H])c([2H])c3c([2H])c([2H])c([2H])c-2c13. The monoisotopic (exact) mass is 533 g/mol. The van der Waals surface area contributed by atoms with Crippen LogP contribution >= 0.6 is 0 Å². The third-order valence-corrected chi connectivity index (χ3v) is 6.98. The predicted octanol–water partition coefficient (Wildman–Crippen LogP) is 10.1. The number of benzene rings is 6. The molecule has 1 aliphatic rings. The average molecular weight is 534 g/mol. The molecule has 1 aliphatic heterocycles. The molecule has 0 fully saturated rings. The maximum Gasteiger partial charge on any atom is 0.160 e. The number of hydrogen-bond acceptors (Lipinski definition) is 3. The van der Waals surface area contributed by atoms with Crippen molar-refractivity contribution in [2.75, 3.05) is 0 Å². The van der Waals surface area contributed by atoms with Crippen LogP contribution in [0.1, 0.15) is 12.3 Å². The van der Waals surface area contributed by atoms with Gasteiger partial charge in [0.25, 0.3) is 0 Å². The van der Waals surface area contributed by atoms with Crippen LogP contribution in [0.25, 0.3) is 66.9 Å². The van der Waals surface area contributed by atoms with Crippen LogP contribution in [-0.4, -0.2) is 9.97 Å². The van der Waals surface area contributed by atoms with E-state index in [0.717, 1.165) is 16.7 Å². The van der Waals surface area contributed by atoms with E-state index in [-0.39, 0.29) is 56.7 Å². The van der Waals surface area contributed by atoms with E-state index in [4.69, 9.17) is 25.7 Å². The Labute approximate surface area is 251 Å². The van der Waals surface area contributed by atoms with Crippen molar-refractivity contribution in [3.8, 4) is 67.7 Å². The molecular formula is C38H24N2O. The van der Waals surface area contributed by atoms with E-state index < -0.39 is 42.3 Å². The molecule has 41 heavy (non-hydrogen) atoms. The number of nitrogens with zero attached hydrogens (tertiary/aromatic N) is 2. The van der Waals surface area contributed by atoms with E-state index in [1.165, 1.54) is 0 Å². The molecule has 0 aliphatic carbocycles. The lowest BCUT2D eigenvalue weighted by Crippen LogP contribution is -1.99. The second-order valence-electron chi connectivity index (χ2n) is 9.54. The Hall–Kier alpha value is -5.54. The van der Waals surface area contributed by atoms with Crippen molar-refractivity contribution in [1.82, 2.24) is 9.97 Å². The van der Waals surface area contributed by atoms with Gasteiger partial charge >= 0.3 is 0 Å². The molecule has 0 saturated carbocycles. The van der Waals surface area contributed by atoms with E-state index in [9.17, 15) is 1.37 Å². The molecule has 6 aromatic carbocycles. The maximum atomic E-state index is 9.51. The second-order valence-corrected chi connectivity index (χ2v) is 9.54. The summed E-state index contributed by atoms with van der Waals surface area (Å²) in [6, 6.07) is 24.5. The molecule has 0 unspecified atom stereocenters. The minimum absolute atomic E-state index is 0.0165. The summed E-state index contributed by atoms with van der Waals surface area (Å²) >= 11 is 0. The Morgan fingerprint density at radius 2 is 1.20 bits per heavy atom. The van der Waals surface area contributed by atoms with Gasteiger partial charge in [-0.25, -0.2) is 9.97 Å². The van der Waals surface area contributed by atoms with E-state index >= 15 is 0 Å². The van der Waals surface area contributed by atoms with Crippen molar-refractivity contribution in [3.63, 3.8) is 0 Å². The van der Waals surface area contributed by atoms with Gasteiger partial charge in [0.05, 0.1) is 23.7 Å². The van der Waals surface area contributed by atoms with E-state index in [1.807, 2.05) is 84.9 Å². The maximum absolute atomic E-state index is 9.51. The minimum Gasteiger partial charge on any atom is -0.456 e. The highest BCUT2D eigenvalue weighted by molar-refractivity contribution is 6.04. The van der Waals surface area contributed by atoms with Gasteiger partial charge in [-0.1, -0.05) is 109 Å². The summed E-state index contributed by atoms with van der Waals surface area (Å²) in [6.45, 7) is 0. The van der Waals surface area contributed by atoms with Crippen LogP contribution in [0.5, 0.6) is 11.5 Å². The Bertz CT molecular complexity index is 2550. The van der Waals surface area contributed by atoms with Crippen LogP contribution < -0.4 is 4.74 Å². The van der Waals surface area contributed by atoms with Crippen LogP contribution in [0.3, 0.4) is 0 Å². The summed E-state index contributed by atoms with van der Waals surface area (Å²) < 4.78 is 85.1. The molecule has 2 heterocycles. The number of rotatable bonds is 4. The van der Waals surface area contributed by atoms with Crippen LogP contribution in [0.4, 0.5) is 0 Å². The molecule has 8 rings (SSSR count). The van der Waals surface area contributed by atoms with Crippen molar-refractivity contribution in [1.29, 1.82) is 0 Å². The van der Waals surface area contributed by atoms with Crippen molar-refractivity contribution < 1.29 is 17.1 Å². The van der Waals surface area contributed by atoms with Gasteiger partial charge in [-0.15, -0.1) is 0 Å². The van der Waals surface area contributed by atoms with Gasteiger partial charge in [-0.2, -0.15) is 0 Å². The third-order valence-electron chi connectivity index (χ3n) is 6.98. The Balaban J connectivity index is 1.43. The molecule has 3 nitrogen and oxygen atoms in total. The molecule has 0 atom stereocenters.